The van der Waals surface area contributed by atoms with E-state index in [4.69, 9.17) is 4.74 Å². The average Bonchev–Trinajstić information content (AvgIpc) is 3.58. The molecule has 1 aliphatic heterocycles. The van der Waals surface area contributed by atoms with Crippen LogP contribution >= 0.6 is 0 Å². The summed E-state index contributed by atoms with van der Waals surface area (Å²) in [6.07, 6.45) is 0.837. The molecule has 1 saturated carbocycles. The fourth-order valence-corrected chi connectivity index (χ4v) is 4.49. The first-order chi connectivity index (χ1) is 16.3. The van der Waals surface area contributed by atoms with E-state index in [1.54, 1.807) is 20.8 Å². The minimum Gasteiger partial charge on any atom is -0.477 e. The Hall–Kier alpha value is -3.21. The summed E-state index contributed by atoms with van der Waals surface area (Å²) in [6.45, 7) is 6.67. The topological polar surface area (TPSA) is 112 Å². The number of halogens is 2. The zero-order chi connectivity index (χ0) is 25.8. The number of carboxylic acid groups (broad SMARTS) is 1. The number of pyridine rings is 1. The van der Waals surface area contributed by atoms with E-state index in [1.807, 2.05) is 0 Å². The Morgan fingerprint density at radius 3 is 2.40 bits per heavy atom. The molecule has 1 aliphatic carbocycles. The van der Waals surface area contributed by atoms with E-state index in [-0.39, 0.29) is 42.3 Å². The van der Waals surface area contributed by atoms with E-state index in [0.717, 1.165) is 12.3 Å². The van der Waals surface area contributed by atoms with Crippen molar-refractivity contribution in [3.05, 3.63) is 39.7 Å². The van der Waals surface area contributed by atoms with E-state index in [2.05, 4.69) is 0 Å². The standard InChI is InChI=1S/C24H29F2N3O6/c1-12(30)17-11-27(7-8-28(17)23(34)35-24(2,3)4)20-16(25)9-14-19(18(20)26)29(13-5-6-13)10-15(21(14)31)22(32)33/h9-10,12-13,17,30H,5-8,11H2,1-4H3,(H,32,33)/t12?,17-/m1/s1. The normalized spacial score (nSPS) is 19.7. The van der Waals surface area contributed by atoms with Crippen LogP contribution in [0.1, 0.15) is 56.9 Å². The lowest BCUT2D eigenvalue weighted by molar-refractivity contribution is -0.00566. The Morgan fingerprint density at radius 2 is 1.86 bits per heavy atom. The first kappa shape index (κ1) is 24.9. The number of aliphatic hydroxyl groups is 1. The van der Waals surface area contributed by atoms with Crippen LogP contribution in [0.25, 0.3) is 10.9 Å². The first-order valence-corrected chi connectivity index (χ1v) is 11.5. The van der Waals surface area contributed by atoms with Gasteiger partial charge >= 0.3 is 12.1 Å². The van der Waals surface area contributed by atoms with E-state index < -0.39 is 52.4 Å². The number of anilines is 1. The molecule has 2 atom stereocenters. The number of hydrogen-bond acceptors (Lipinski definition) is 6. The lowest BCUT2D eigenvalue weighted by Crippen LogP contribution is -2.60. The molecular weight excluding hydrogens is 464 g/mol. The number of carbonyl (C=O) groups is 2. The molecule has 0 bridgehead atoms. The second-order valence-electron chi connectivity index (χ2n) is 10.2. The Kier molecular flexibility index (Phi) is 6.25. The molecule has 1 saturated heterocycles. The monoisotopic (exact) mass is 493 g/mol. The fourth-order valence-electron chi connectivity index (χ4n) is 4.49. The number of nitrogens with zero attached hydrogens (tertiary/aromatic N) is 3. The van der Waals surface area contributed by atoms with Gasteiger partial charge in [-0.1, -0.05) is 0 Å². The van der Waals surface area contributed by atoms with Crippen LogP contribution < -0.4 is 10.3 Å². The second kappa shape index (κ2) is 8.78. The highest BCUT2D eigenvalue weighted by Gasteiger charge is 2.38. The van der Waals surface area contributed by atoms with Gasteiger partial charge in [-0.2, -0.15) is 0 Å². The first-order valence-electron chi connectivity index (χ1n) is 11.5. The second-order valence-corrected chi connectivity index (χ2v) is 10.2. The number of aromatic carboxylic acids is 1. The van der Waals surface area contributed by atoms with E-state index in [9.17, 15) is 24.6 Å². The zero-order valence-electron chi connectivity index (χ0n) is 20.0. The minimum absolute atomic E-state index is 0.0504. The van der Waals surface area contributed by atoms with Crippen molar-refractivity contribution in [1.29, 1.82) is 0 Å². The highest BCUT2D eigenvalue weighted by Crippen LogP contribution is 2.40. The Balaban J connectivity index is 1.77. The molecule has 2 aliphatic rings. The molecule has 4 rings (SSSR count). The Labute approximate surface area is 200 Å². The van der Waals surface area contributed by atoms with Crippen molar-refractivity contribution in [3.63, 3.8) is 0 Å². The van der Waals surface area contributed by atoms with Crippen LogP contribution in [0.3, 0.4) is 0 Å². The van der Waals surface area contributed by atoms with Crippen LogP contribution in [-0.4, -0.2) is 69.1 Å². The van der Waals surface area contributed by atoms with Gasteiger partial charge in [0.1, 0.15) is 22.7 Å². The van der Waals surface area contributed by atoms with E-state index >= 15 is 8.78 Å². The summed E-state index contributed by atoms with van der Waals surface area (Å²) in [5.41, 5.74) is -2.79. The van der Waals surface area contributed by atoms with Crippen molar-refractivity contribution < 1.29 is 33.3 Å². The number of aromatic nitrogens is 1. The van der Waals surface area contributed by atoms with Gasteiger partial charge < -0.3 is 24.4 Å². The third kappa shape index (κ3) is 4.69. The van der Waals surface area contributed by atoms with Crippen molar-refractivity contribution in [3.8, 4) is 0 Å². The number of piperazine rings is 1. The summed E-state index contributed by atoms with van der Waals surface area (Å²) < 4.78 is 38.0. The number of aliphatic hydroxyl groups excluding tert-OH is 1. The van der Waals surface area contributed by atoms with Gasteiger partial charge in [-0.15, -0.1) is 0 Å². The number of carboxylic acids is 1. The number of benzene rings is 1. The summed E-state index contributed by atoms with van der Waals surface area (Å²) in [5.74, 6) is -3.46. The minimum atomic E-state index is -1.46. The number of ether oxygens (including phenoxy) is 1. The lowest BCUT2D eigenvalue weighted by atomic mass is 10.0. The molecule has 35 heavy (non-hydrogen) atoms. The third-order valence-electron chi connectivity index (χ3n) is 6.27. The van der Waals surface area contributed by atoms with E-state index in [1.165, 1.54) is 21.3 Å². The number of rotatable bonds is 4. The van der Waals surface area contributed by atoms with Crippen LogP contribution in [0.4, 0.5) is 19.3 Å². The van der Waals surface area contributed by atoms with Gasteiger partial charge in [0.15, 0.2) is 5.82 Å². The van der Waals surface area contributed by atoms with Crippen LogP contribution in [0.2, 0.25) is 0 Å². The Morgan fingerprint density at radius 1 is 1.20 bits per heavy atom. The maximum absolute atomic E-state index is 15.9. The number of carbonyl (C=O) groups excluding carboxylic acids is 1. The highest BCUT2D eigenvalue weighted by molar-refractivity contribution is 5.94. The summed E-state index contributed by atoms with van der Waals surface area (Å²) in [4.78, 5) is 39.7. The molecule has 0 spiro atoms. The van der Waals surface area contributed by atoms with Gasteiger partial charge in [0, 0.05) is 31.9 Å². The van der Waals surface area contributed by atoms with Crippen LogP contribution in [0, 0.1) is 11.6 Å². The SMILES string of the molecule is CC(O)[C@H]1CN(c2c(F)cc3c(=O)c(C(=O)O)cn(C4CC4)c3c2F)CCN1C(=O)OC(C)(C)C. The summed E-state index contributed by atoms with van der Waals surface area (Å²) in [6, 6.07) is -0.106. The number of amides is 1. The maximum Gasteiger partial charge on any atom is 0.410 e. The van der Waals surface area contributed by atoms with Gasteiger partial charge in [0.05, 0.1) is 23.0 Å². The van der Waals surface area contributed by atoms with Crippen molar-refractivity contribution in [2.24, 2.45) is 0 Å². The van der Waals surface area contributed by atoms with Gasteiger partial charge in [-0.05, 0) is 46.6 Å². The fraction of sp³-hybridized carbons (Fsp3) is 0.542. The van der Waals surface area contributed by atoms with Crippen molar-refractivity contribution in [2.75, 3.05) is 24.5 Å². The quantitative estimate of drug-likeness (QED) is 0.673. The Bertz CT molecular complexity index is 1250. The molecule has 1 aromatic heterocycles. The van der Waals surface area contributed by atoms with Crippen LogP contribution in [0.5, 0.6) is 0 Å². The lowest BCUT2D eigenvalue weighted by Gasteiger charge is -2.43. The largest absolute Gasteiger partial charge is 0.477 e. The van der Waals surface area contributed by atoms with Gasteiger partial charge in [-0.3, -0.25) is 9.69 Å². The molecule has 190 valence electrons. The van der Waals surface area contributed by atoms with E-state index in [0.29, 0.717) is 12.8 Å². The average molecular weight is 494 g/mol. The van der Waals surface area contributed by atoms with Crippen molar-refractivity contribution in [1.82, 2.24) is 9.47 Å². The smallest absolute Gasteiger partial charge is 0.410 e. The molecule has 2 aromatic rings. The summed E-state index contributed by atoms with van der Waals surface area (Å²) in [7, 11) is 0. The maximum atomic E-state index is 15.9. The molecule has 1 amide bonds. The van der Waals surface area contributed by atoms with Crippen molar-refractivity contribution >= 4 is 28.7 Å². The van der Waals surface area contributed by atoms with Gasteiger partial charge in [0.2, 0.25) is 5.43 Å². The molecule has 2 fully saturated rings. The molecule has 11 heteroatoms. The molecule has 1 unspecified atom stereocenters. The molecule has 0 radical (unpaired) electrons. The number of fused-ring (bicyclic) bond motifs is 1. The van der Waals surface area contributed by atoms with Gasteiger partial charge in [-0.25, -0.2) is 18.4 Å². The van der Waals surface area contributed by atoms with Gasteiger partial charge in [0.25, 0.3) is 0 Å². The number of hydrogen-bond donors (Lipinski definition) is 2. The predicted molar refractivity (Wildman–Crippen MR) is 124 cm³/mol. The van der Waals surface area contributed by atoms with Crippen LogP contribution in [0.15, 0.2) is 17.1 Å². The molecular formula is C24H29F2N3O6. The zero-order valence-corrected chi connectivity index (χ0v) is 20.0. The molecule has 9 nitrogen and oxygen atoms in total. The van der Waals surface area contributed by atoms with Crippen molar-refractivity contribution in [2.45, 2.75) is 64.3 Å². The summed E-state index contributed by atoms with van der Waals surface area (Å²) >= 11 is 0. The molecule has 2 heterocycles. The third-order valence-corrected chi connectivity index (χ3v) is 6.27. The highest BCUT2D eigenvalue weighted by atomic mass is 19.1. The summed E-state index contributed by atoms with van der Waals surface area (Å²) in [5, 5.41) is 19.4. The molecule has 2 N–H and O–H groups in total. The molecule has 1 aromatic carbocycles. The predicted octanol–water partition coefficient (Wildman–Crippen LogP) is 3.12. The van der Waals surface area contributed by atoms with Crippen LogP contribution in [-0.2, 0) is 4.74 Å².